The Bertz CT molecular complexity index is 955. The predicted octanol–water partition coefficient (Wildman–Crippen LogP) is 3.31. The summed E-state index contributed by atoms with van der Waals surface area (Å²) in [6.07, 6.45) is 4.76. The summed E-state index contributed by atoms with van der Waals surface area (Å²) in [5, 5.41) is 11.2. The van der Waals surface area contributed by atoms with E-state index in [0.29, 0.717) is 18.7 Å². The quantitative estimate of drug-likeness (QED) is 0.582. The zero-order valence-corrected chi connectivity index (χ0v) is 19.0. The summed E-state index contributed by atoms with van der Waals surface area (Å²) < 4.78 is 33.0. The average molecular weight is 453 g/mol. The van der Waals surface area contributed by atoms with Gasteiger partial charge in [0.2, 0.25) is 21.8 Å². The van der Waals surface area contributed by atoms with Crippen LogP contribution in [-0.2, 0) is 14.8 Å². The van der Waals surface area contributed by atoms with Crippen LogP contribution in [0.25, 0.3) is 11.5 Å². The molecule has 1 fully saturated rings. The molecule has 1 aromatic heterocycles. The lowest BCUT2D eigenvalue weighted by molar-refractivity contribution is -0.119. The summed E-state index contributed by atoms with van der Waals surface area (Å²) in [4.78, 5) is 12.2. The van der Waals surface area contributed by atoms with Crippen molar-refractivity contribution in [3.05, 3.63) is 24.3 Å². The number of rotatable bonds is 9. The normalized spacial score (nSPS) is 16.3. The first-order valence-corrected chi connectivity index (χ1v) is 12.7. The number of hydrogen-bond acceptors (Lipinski definition) is 7. The second-order valence-corrected chi connectivity index (χ2v) is 10.3. The van der Waals surface area contributed by atoms with Crippen molar-refractivity contribution < 1.29 is 17.6 Å². The lowest BCUT2D eigenvalue weighted by atomic mass is 10.2. The van der Waals surface area contributed by atoms with Gasteiger partial charge in [-0.1, -0.05) is 37.6 Å². The monoisotopic (exact) mass is 452 g/mol. The molecule has 30 heavy (non-hydrogen) atoms. The Balaban J connectivity index is 1.65. The van der Waals surface area contributed by atoms with Gasteiger partial charge in [-0.05, 0) is 44.4 Å². The van der Waals surface area contributed by atoms with Crippen LogP contribution in [0.3, 0.4) is 0 Å². The third kappa shape index (κ3) is 5.83. The van der Waals surface area contributed by atoms with Crippen molar-refractivity contribution in [3.8, 4) is 11.5 Å². The predicted molar refractivity (Wildman–Crippen MR) is 116 cm³/mol. The molecule has 0 saturated carbocycles. The van der Waals surface area contributed by atoms with Crippen molar-refractivity contribution in [1.82, 2.24) is 19.8 Å². The number of carbonyl (C=O) groups excluding carboxylic acids is 1. The first kappa shape index (κ1) is 22.8. The summed E-state index contributed by atoms with van der Waals surface area (Å²) in [7, 11) is -3.54. The van der Waals surface area contributed by atoms with Gasteiger partial charge in [0.15, 0.2) is 0 Å². The van der Waals surface area contributed by atoms with E-state index in [4.69, 9.17) is 4.42 Å². The highest BCUT2D eigenvalue weighted by Gasteiger charge is 2.26. The van der Waals surface area contributed by atoms with Gasteiger partial charge < -0.3 is 9.73 Å². The molecule has 0 spiro atoms. The van der Waals surface area contributed by atoms with Crippen LogP contribution >= 0.6 is 11.8 Å². The molecule has 164 valence electrons. The van der Waals surface area contributed by atoms with Gasteiger partial charge in [-0.2, -0.15) is 4.31 Å². The molecule has 1 aliphatic rings. The molecule has 2 aromatic rings. The number of amides is 1. The molecule has 0 radical (unpaired) electrons. The van der Waals surface area contributed by atoms with Crippen LogP contribution in [0, 0.1) is 0 Å². The highest BCUT2D eigenvalue weighted by molar-refractivity contribution is 7.99. The topological polar surface area (TPSA) is 105 Å². The summed E-state index contributed by atoms with van der Waals surface area (Å²) in [6, 6.07) is 6.68. The molecule has 3 rings (SSSR count). The number of carbonyl (C=O) groups is 1. The Morgan fingerprint density at radius 3 is 2.77 bits per heavy atom. The fraction of sp³-hybridized carbons (Fsp3) is 0.550. The first-order valence-electron chi connectivity index (χ1n) is 10.3. The molecule has 1 aliphatic heterocycles. The molecule has 1 N–H and O–H groups in total. The van der Waals surface area contributed by atoms with Crippen molar-refractivity contribution >= 4 is 27.7 Å². The van der Waals surface area contributed by atoms with Gasteiger partial charge in [-0.25, -0.2) is 8.42 Å². The van der Waals surface area contributed by atoms with Crippen molar-refractivity contribution in [2.75, 3.05) is 18.8 Å². The lowest BCUT2D eigenvalue weighted by Gasteiger charge is -2.25. The van der Waals surface area contributed by atoms with E-state index in [1.165, 1.54) is 4.31 Å². The third-order valence-corrected chi connectivity index (χ3v) is 7.61. The zero-order chi connectivity index (χ0) is 21.6. The van der Waals surface area contributed by atoms with E-state index in [9.17, 15) is 13.2 Å². The Hall–Kier alpha value is -1.91. The summed E-state index contributed by atoms with van der Waals surface area (Å²) >= 11 is 1.16. The van der Waals surface area contributed by atoms with Crippen LogP contribution in [0.5, 0.6) is 0 Å². The van der Waals surface area contributed by atoms with Crippen LogP contribution in [0.1, 0.15) is 46.0 Å². The number of sulfonamides is 1. The number of aromatic nitrogens is 2. The molecule has 1 atom stereocenters. The highest BCUT2D eigenvalue weighted by Crippen LogP contribution is 2.27. The molecule has 1 amide bonds. The van der Waals surface area contributed by atoms with Crippen LogP contribution in [0.4, 0.5) is 0 Å². The Morgan fingerprint density at radius 2 is 2.03 bits per heavy atom. The standard InChI is InChI=1S/C20H28N4O4S2/c1-3-8-15(2)21-18(25)14-29-20-23-22-19(28-20)16-9-7-10-17(13-16)30(26,27)24-11-5-4-6-12-24/h7,9-10,13,15H,3-6,8,11-12,14H2,1-2H3,(H,21,25). The zero-order valence-electron chi connectivity index (χ0n) is 17.3. The van der Waals surface area contributed by atoms with Crippen molar-refractivity contribution in [3.63, 3.8) is 0 Å². The molecule has 1 unspecified atom stereocenters. The number of hydrogen-bond donors (Lipinski definition) is 1. The van der Waals surface area contributed by atoms with Gasteiger partial charge in [0, 0.05) is 24.7 Å². The second kappa shape index (κ2) is 10.4. The summed E-state index contributed by atoms with van der Waals surface area (Å²) in [5.74, 6) is 0.322. The summed E-state index contributed by atoms with van der Waals surface area (Å²) in [5.41, 5.74) is 0.536. The molecule has 1 aromatic carbocycles. The Labute approximate surface area is 181 Å². The van der Waals surface area contributed by atoms with E-state index >= 15 is 0 Å². The highest BCUT2D eigenvalue weighted by atomic mass is 32.2. The molecule has 2 heterocycles. The van der Waals surface area contributed by atoms with Gasteiger partial charge in [-0.3, -0.25) is 4.79 Å². The molecular weight excluding hydrogens is 424 g/mol. The molecule has 0 bridgehead atoms. The van der Waals surface area contributed by atoms with E-state index in [0.717, 1.165) is 43.9 Å². The van der Waals surface area contributed by atoms with Gasteiger partial charge in [0.25, 0.3) is 5.22 Å². The van der Waals surface area contributed by atoms with Gasteiger partial charge in [-0.15, -0.1) is 10.2 Å². The van der Waals surface area contributed by atoms with E-state index in [2.05, 4.69) is 22.4 Å². The van der Waals surface area contributed by atoms with E-state index in [1.807, 2.05) is 6.92 Å². The maximum Gasteiger partial charge on any atom is 0.277 e. The number of benzene rings is 1. The van der Waals surface area contributed by atoms with Crippen molar-refractivity contribution in [1.29, 1.82) is 0 Å². The lowest BCUT2D eigenvalue weighted by Crippen LogP contribution is -2.35. The van der Waals surface area contributed by atoms with Crippen molar-refractivity contribution in [2.45, 2.75) is 62.1 Å². The smallest absolute Gasteiger partial charge is 0.277 e. The minimum atomic E-state index is -3.54. The largest absolute Gasteiger partial charge is 0.411 e. The fourth-order valence-electron chi connectivity index (χ4n) is 3.38. The maximum atomic E-state index is 12.9. The minimum Gasteiger partial charge on any atom is -0.411 e. The molecular formula is C20H28N4O4S2. The van der Waals surface area contributed by atoms with E-state index in [1.54, 1.807) is 24.3 Å². The Kier molecular flexibility index (Phi) is 7.90. The Morgan fingerprint density at radius 1 is 1.27 bits per heavy atom. The third-order valence-electron chi connectivity index (χ3n) is 4.90. The average Bonchev–Trinajstić information content (AvgIpc) is 3.22. The summed E-state index contributed by atoms with van der Waals surface area (Å²) in [6.45, 7) is 5.14. The van der Waals surface area contributed by atoms with Gasteiger partial charge in [0.05, 0.1) is 10.6 Å². The maximum absolute atomic E-state index is 12.9. The molecule has 8 nitrogen and oxygen atoms in total. The van der Waals surface area contributed by atoms with Crippen LogP contribution in [0.15, 0.2) is 38.8 Å². The first-order chi connectivity index (χ1) is 14.4. The molecule has 0 aliphatic carbocycles. The van der Waals surface area contributed by atoms with E-state index < -0.39 is 10.0 Å². The number of piperidine rings is 1. The van der Waals surface area contributed by atoms with Crippen molar-refractivity contribution in [2.24, 2.45) is 0 Å². The van der Waals surface area contributed by atoms with Gasteiger partial charge >= 0.3 is 0 Å². The fourth-order valence-corrected chi connectivity index (χ4v) is 5.52. The second-order valence-electron chi connectivity index (χ2n) is 7.41. The number of thioether (sulfide) groups is 1. The number of nitrogens with one attached hydrogen (secondary N) is 1. The van der Waals surface area contributed by atoms with Crippen LogP contribution in [0.2, 0.25) is 0 Å². The number of nitrogens with zero attached hydrogens (tertiary/aromatic N) is 3. The molecule has 1 saturated heterocycles. The van der Waals surface area contributed by atoms with E-state index in [-0.39, 0.29) is 33.7 Å². The molecule has 10 heteroatoms. The van der Waals surface area contributed by atoms with Crippen LogP contribution < -0.4 is 5.32 Å². The van der Waals surface area contributed by atoms with Crippen LogP contribution in [-0.4, -0.2) is 53.7 Å². The van der Waals surface area contributed by atoms with Gasteiger partial charge in [0.1, 0.15) is 0 Å². The minimum absolute atomic E-state index is 0.0877. The SMILES string of the molecule is CCCC(C)NC(=O)CSc1nnc(-c2cccc(S(=O)(=O)N3CCCCC3)c2)o1.